The van der Waals surface area contributed by atoms with Crippen LogP contribution in [-0.4, -0.2) is 118 Å². The molecule has 0 aromatic heterocycles. The van der Waals surface area contributed by atoms with Crippen molar-refractivity contribution in [2.24, 2.45) is 0 Å². The molecule has 46 heavy (non-hydrogen) atoms. The molecule has 0 aliphatic carbocycles. The maximum atomic E-state index is 16.2. The summed E-state index contributed by atoms with van der Waals surface area (Å²) in [6.07, 6.45) is 7.78. The molecule has 0 saturated carbocycles. The molecule has 0 amide bonds. The topological polar surface area (TPSA) is 105 Å². The SMILES string of the molecule is C=CCCCOCC(O)COCCOC(C)(CC)COC(C)(CC)C(C)(F)CCOC(C)(C)CCOCC(O)COCCCC=C. The fraction of sp³-hybridized carbons (Fsp3) is 0.889. The van der Waals surface area contributed by atoms with Crippen LogP contribution in [0.4, 0.5) is 4.39 Å². The summed E-state index contributed by atoms with van der Waals surface area (Å²) in [6.45, 7) is 24.0. The highest BCUT2D eigenvalue weighted by molar-refractivity contribution is 4.96. The second kappa shape index (κ2) is 25.1. The number of aliphatic hydroxyl groups excluding tert-OH is 2. The Bertz CT molecular complexity index is 766. The number of rotatable bonds is 33. The molecule has 0 aliphatic rings. The van der Waals surface area contributed by atoms with E-state index in [0.29, 0.717) is 52.3 Å². The van der Waals surface area contributed by atoms with E-state index in [1.165, 1.54) is 0 Å². The van der Waals surface area contributed by atoms with Crippen molar-refractivity contribution in [3.63, 3.8) is 0 Å². The summed E-state index contributed by atoms with van der Waals surface area (Å²) >= 11 is 0. The van der Waals surface area contributed by atoms with E-state index in [-0.39, 0.29) is 46.1 Å². The van der Waals surface area contributed by atoms with Gasteiger partial charge in [0.15, 0.2) is 0 Å². The van der Waals surface area contributed by atoms with E-state index in [4.69, 9.17) is 33.2 Å². The first-order valence-electron chi connectivity index (χ1n) is 17.2. The monoisotopic (exact) mass is 664 g/mol. The average Bonchev–Trinajstić information content (AvgIpc) is 3.01. The average molecular weight is 665 g/mol. The molecule has 0 rings (SSSR count). The summed E-state index contributed by atoms with van der Waals surface area (Å²) in [6, 6.07) is 0. The Morgan fingerprint density at radius 2 is 1.13 bits per heavy atom. The van der Waals surface area contributed by atoms with Gasteiger partial charge in [-0.2, -0.15) is 0 Å². The lowest BCUT2D eigenvalue weighted by Crippen LogP contribution is -2.52. The Kier molecular flexibility index (Phi) is 24.6. The summed E-state index contributed by atoms with van der Waals surface area (Å²) in [7, 11) is 0. The predicted molar refractivity (Wildman–Crippen MR) is 182 cm³/mol. The number of unbranched alkanes of at least 4 members (excludes halogenated alkanes) is 2. The standard InChI is InChI=1S/C36H69FO9/c1-10-14-16-20-40-26-31(38)28-42-22-18-33(5,6)44-23-19-35(8,37)36(9,13-4)46-30-34(7,12-3)45-25-24-43-29-32(39)27-41-21-17-15-11-2/h10-11,31-32,38-39H,1-2,12-30H2,3-9H3. The molecule has 9 nitrogen and oxygen atoms in total. The van der Waals surface area contributed by atoms with Crippen molar-refractivity contribution in [2.45, 2.75) is 135 Å². The van der Waals surface area contributed by atoms with Gasteiger partial charge in [0.1, 0.15) is 17.9 Å². The molecule has 0 saturated heterocycles. The van der Waals surface area contributed by atoms with Gasteiger partial charge in [-0.3, -0.25) is 0 Å². The van der Waals surface area contributed by atoms with Crippen molar-refractivity contribution in [3.8, 4) is 0 Å². The molecule has 0 spiro atoms. The molecule has 5 atom stereocenters. The Morgan fingerprint density at radius 1 is 0.630 bits per heavy atom. The maximum Gasteiger partial charge on any atom is 0.138 e. The van der Waals surface area contributed by atoms with Gasteiger partial charge in [-0.05, 0) is 79.6 Å². The minimum atomic E-state index is -1.65. The highest BCUT2D eigenvalue weighted by Gasteiger charge is 2.46. The number of halogens is 1. The van der Waals surface area contributed by atoms with Gasteiger partial charge in [-0.15, -0.1) is 13.2 Å². The first kappa shape index (κ1) is 45.0. The molecule has 10 heteroatoms. The molecule has 0 bridgehead atoms. The van der Waals surface area contributed by atoms with Crippen LogP contribution in [0.1, 0.15) is 99.8 Å². The van der Waals surface area contributed by atoms with Crippen molar-refractivity contribution in [2.75, 3.05) is 72.7 Å². The van der Waals surface area contributed by atoms with Gasteiger partial charge in [0.2, 0.25) is 0 Å². The lowest BCUT2D eigenvalue weighted by Gasteiger charge is -2.43. The van der Waals surface area contributed by atoms with E-state index in [1.54, 1.807) is 13.8 Å². The second-order valence-electron chi connectivity index (χ2n) is 13.3. The van der Waals surface area contributed by atoms with Crippen LogP contribution < -0.4 is 0 Å². The van der Waals surface area contributed by atoms with Gasteiger partial charge in [0.05, 0.1) is 69.7 Å². The molecule has 0 fully saturated rings. The molecule has 0 heterocycles. The van der Waals surface area contributed by atoms with Gasteiger partial charge in [0, 0.05) is 26.2 Å². The lowest BCUT2D eigenvalue weighted by molar-refractivity contribution is -0.189. The van der Waals surface area contributed by atoms with E-state index in [1.807, 2.05) is 46.8 Å². The third-order valence-corrected chi connectivity index (χ3v) is 8.45. The summed E-state index contributed by atoms with van der Waals surface area (Å²) in [5, 5.41) is 20.0. The van der Waals surface area contributed by atoms with Crippen LogP contribution >= 0.6 is 0 Å². The van der Waals surface area contributed by atoms with Crippen molar-refractivity contribution >= 4 is 0 Å². The number of ether oxygens (including phenoxy) is 7. The van der Waals surface area contributed by atoms with Crippen LogP contribution in [0.25, 0.3) is 0 Å². The van der Waals surface area contributed by atoms with E-state index in [9.17, 15) is 10.2 Å². The van der Waals surface area contributed by atoms with Gasteiger partial charge in [0.25, 0.3) is 0 Å². The quantitative estimate of drug-likeness (QED) is 0.0611. The van der Waals surface area contributed by atoms with Crippen molar-refractivity contribution in [1.29, 1.82) is 0 Å². The highest BCUT2D eigenvalue weighted by atomic mass is 19.1. The van der Waals surface area contributed by atoms with Crippen molar-refractivity contribution in [3.05, 3.63) is 25.3 Å². The van der Waals surface area contributed by atoms with Crippen LogP contribution in [0.3, 0.4) is 0 Å². The normalized spacial score (nSPS) is 17.5. The summed E-state index contributed by atoms with van der Waals surface area (Å²) in [4.78, 5) is 0. The Balaban J connectivity index is 4.50. The van der Waals surface area contributed by atoms with Crippen LogP contribution in [0.15, 0.2) is 25.3 Å². The molecule has 5 unspecified atom stereocenters. The highest BCUT2D eigenvalue weighted by Crippen LogP contribution is 2.37. The smallest absolute Gasteiger partial charge is 0.138 e. The predicted octanol–water partition coefficient (Wildman–Crippen LogP) is 6.38. The molecule has 0 aliphatic heterocycles. The second-order valence-corrected chi connectivity index (χ2v) is 13.3. The summed E-state index contributed by atoms with van der Waals surface area (Å²) in [5.74, 6) is 0. The molecule has 2 N–H and O–H groups in total. The first-order valence-corrected chi connectivity index (χ1v) is 17.2. The van der Waals surface area contributed by atoms with E-state index in [2.05, 4.69) is 13.2 Å². The van der Waals surface area contributed by atoms with E-state index in [0.717, 1.165) is 25.7 Å². The van der Waals surface area contributed by atoms with Gasteiger partial charge in [-0.1, -0.05) is 26.0 Å². The van der Waals surface area contributed by atoms with Crippen LogP contribution in [0.5, 0.6) is 0 Å². The maximum absolute atomic E-state index is 16.2. The fourth-order valence-electron chi connectivity index (χ4n) is 4.33. The molecule has 0 aromatic carbocycles. The van der Waals surface area contributed by atoms with Crippen LogP contribution in [0.2, 0.25) is 0 Å². The number of alkyl halides is 1. The summed E-state index contributed by atoms with van der Waals surface area (Å²) < 4.78 is 56.7. The molecule has 274 valence electrons. The largest absolute Gasteiger partial charge is 0.388 e. The zero-order chi connectivity index (χ0) is 35.0. The third kappa shape index (κ3) is 21.1. The minimum Gasteiger partial charge on any atom is -0.388 e. The molecular weight excluding hydrogens is 595 g/mol. The zero-order valence-electron chi connectivity index (χ0n) is 30.3. The number of allylic oxidation sites excluding steroid dienone is 2. The van der Waals surface area contributed by atoms with Gasteiger partial charge in [-0.25, -0.2) is 4.39 Å². The Hall–Kier alpha value is -0.950. The summed E-state index contributed by atoms with van der Waals surface area (Å²) in [5.41, 5.74) is -3.82. The van der Waals surface area contributed by atoms with Gasteiger partial charge < -0.3 is 43.4 Å². The molecule has 0 radical (unpaired) electrons. The zero-order valence-corrected chi connectivity index (χ0v) is 30.3. The fourth-order valence-corrected chi connectivity index (χ4v) is 4.33. The number of hydrogen-bond donors (Lipinski definition) is 2. The Morgan fingerprint density at radius 3 is 1.61 bits per heavy atom. The number of aliphatic hydroxyl groups is 2. The van der Waals surface area contributed by atoms with Crippen molar-refractivity contribution < 1.29 is 47.8 Å². The van der Waals surface area contributed by atoms with Crippen molar-refractivity contribution in [1.82, 2.24) is 0 Å². The first-order chi connectivity index (χ1) is 21.7. The minimum absolute atomic E-state index is 0.166. The van der Waals surface area contributed by atoms with Crippen LogP contribution in [-0.2, 0) is 33.2 Å². The molecule has 0 aromatic rings. The molecular formula is C36H69FO9. The number of hydrogen-bond acceptors (Lipinski definition) is 9. The Labute approximate surface area is 280 Å². The van der Waals surface area contributed by atoms with Crippen LogP contribution in [0, 0.1) is 0 Å². The van der Waals surface area contributed by atoms with E-state index < -0.39 is 34.7 Å². The lowest BCUT2D eigenvalue weighted by atomic mass is 9.82. The van der Waals surface area contributed by atoms with E-state index >= 15 is 4.39 Å². The van der Waals surface area contributed by atoms with Gasteiger partial charge >= 0.3 is 0 Å². The third-order valence-electron chi connectivity index (χ3n) is 8.45.